The van der Waals surface area contributed by atoms with Gasteiger partial charge in [-0.05, 0) is 35.9 Å². The first kappa shape index (κ1) is 17.7. The van der Waals surface area contributed by atoms with Gasteiger partial charge < -0.3 is 9.47 Å². The van der Waals surface area contributed by atoms with Gasteiger partial charge in [0.15, 0.2) is 0 Å². The standard InChI is InChI=1S/C23H18F2N2O2/c24-23(25)28-17-12-10-16(11-13-17)22-27-20(18-8-4-5-9-21(18)29-22)14-19(26-27)15-6-2-1-3-7-15/h1-13,20,22-23H,14H2/t20-,22+/m1/s1. The molecule has 29 heavy (non-hydrogen) atoms. The summed E-state index contributed by atoms with van der Waals surface area (Å²) in [5.74, 6) is 0.933. The summed E-state index contributed by atoms with van der Waals surface area (Å²) in [5, 5.41) is 6.85. The fourth-order valence-electron chi connectivity index (χ4n) is 3.87. The highest BCUT2D eigenvalue weighted by molar-refractivity contribution is 6.01. The molecule has 0 unspecified atom stereocenters. The minimum Gasteiger partial charge on any atom is -0.464 e. The van der Waals surface area contributed by atoms with Crippen molar-refractivity contribution in [1.29, 1.82) is 0 Å². The van der Waals surface area contributed by atoms with Gasteiger partial charge in [-0.1, -0.05) is 48.5 Å². The molecule has 5 rings (SSSR count). The van der Waals surface area contributed by atoms with Crippen LogP contribution in [0.25, 0.3) is 0 Å². The summed E-state index contributed by atoms with van der Waals surface area (Å²) < 4.78 is 35.6. The van der Waals surface area contributed by atoms with Crippen LogP contribution in [0.5, 0.6) is 11.5 Å². The lowest BCUT2D eigenvalue weighted by Gasteiger charge is -2.38. The van der Waals surface area contributed by atoms with Crippen LogP contribution in [0.15, 0.2) is 84.0 Å². The van der Waals surface area contributed by atoms with Crippen LogP contribution in [0.4, 0.5) is 8.78 Å². The van der Waals surface area contributed by atoms with E-state index in [9.17, 15) is 8.78 Å². The molecule has 0 aromatic heterocycles. The summed E-state index contributed by atoms with van der Waals surface area (Å²) >= 11 is 0. The summed E-state index contributed by atoms with van der Waals surface area (Å²) in [5.41, 5.74) is 4.00. The molecule has 2 heterocycles. The molecule has 2 aliphatic heterocycles. The van der Waals surface area contributed by atoms with Crippen LogP contribution in [-0.2, 0) is 0 Å². The van der Waals surface area contributed by atoms with Gasteiger partial charge in [0.2, 0.25) is 6.23 Å². The Morgan fingerprint density at radius 2 is 1.66 bits per heavy atom. The molecule has 4 nitrogen and oxygen atoms in total. The highest BCUT2D eigenvalue weighted by atomic mass is 19.3. The minimum absolute atomic E-state index is 0.0529. The second-order valence-corrected chi connectivity index (χ2v) is 6.97. The van der Waals surface area contributed by atoms with Crippen LogP contribution in [0.3, 0.4) is 0 Å². The number of halogens is 2. The van der Waals surface area contributed by atoms with Gasteiger partial charge in [-0.15, -0.1) is 0 Å². The average molecular weight is 392 g/mol. The third-order valence-corrected chi connectivity index (χ3v) is 5.20. The summed E-state index contributed by atoms with van der Waals surface area (Å²) in [6.07, 6.45) is 0.324. The number of nitrogens with zero attached hydrogens (tertiary/aromatic N) is 2. The largest absolute Gasteiger partial charge is 0.464 e. The monoisotopic (exact) mass is 392 g/mol. The summed E-state index contributed by atoms with van der Waals surface area (Å²) in [7, 11) is 0. The van der Waals surface area contributed by atoms with Gasteiger partial charge >= 0.3 is 6.61 Å². The Morgan fingerprint density at radius 3 is 2.41 bits per heavy atom. The smallest absolute Gasteiger partial charge is 0.387 e. The number of hydrogen-bond acceptors (Lipinski definition) is 4. The van der Waals surface area contributed by atoms with Crippen molar-refractivity contribution in [3.63, 3.8) is 0 Å². The van der Waals surface area contributed by atoms with Crippen LogP contribution in [0.1, 0.15) is 35.4 Å². The second-order valence-electron chi connectivity index (χ2n) is 6.97. The van der Waals surface area contributed by atoms with Crippen molar-refractivity contribution in [2.75, 3.05) is 0 Å². The molecule has 0 saturated heterocycles. The molecule has 0 radical (unpaired) electrons. The second kappa shape index (κ2) is 7.20. The summed E-state index contributed by atoms with van der Waals surface area (Å²) in [4.78, 5) is 0. The van der Waals surface area contributed by atoms with E-state index in [2.05, 4.69) is 22.9 Å². The maximum atomic E-state index is 12.4. The zero-order valence-corrected chi connectivity index (χ0v) is 15.4. The van der Waals surface area contributed by atoms with Crippen LogP contribution in [-0.4, -0.2) is 17.3 Å². The first-order chi connectivity index (χ1) is 14.2. The summed E-state index contributed by atoms with van der Waals surface area (Å²) in [6.45, 7) is -2.85. The third-order valence-electron chi connectivity index (χ3n) is 5.20. The van der Waals surface area contributed by atoms with Crippen molar-refractivity contribution in [1.82, 2.24) is 5.01 Å². The van der Waals surface area contributed by atoms with Crippen LogP contribution < -0.4 is 9.47 Å². The number of hydrogen-bond donors (Lipinski definition) is 0. The van der Waals surface area contributed by atoms with E-state index in [1.165, 1.54) is 12.1 Å². The molecular weight excluding hydrogens is 374 g/mol. The lowest BCUT2D eigenvalue weighted by molar-refractivity contribution is -0.0499. The predicted molar refractivity (Wildman–Crippen MR) is 105 cm³/mol. The molecular formula is C23H18F2N2O2. The highest BCUT2D eigenvalue weighted by Gasteiger charge is 2.40. The molecule has 2 atom stereocenters. The molecule has 3 aromatic rings. The summed E-state index contributed by atoms with van der Waals surface area (Å²) in [6, 6.07) is 24.6. The fourth-order valence-corrected chi connectivity index (χ4v) is 3.87. The van der Waals surface area contributed by atoms with Crippen molar-refractivity contribution >= 4 is 5.71 Å². The maximum absolute atomic E-state index is 12.4. The molecule has 0 aliphatic carbocycles. The number of rotatable bonds is 4. The molecule has 3 aromatic carbocycles. The molecule has 0 saturated carbocycles. The van der Waals surface area contributed by atoms with E-state index in [0.717, 1.165) is 34.6 Å². The maximum Gasteiger partial charge on any atom is 0.387 e. The molecule has 0 bridgehead atoms. The van der Waals surface area contributed by atoms with Gasteiger partial charge in [0.1, 0.15) is 11.5 Å². The Balaban J connectivity index is 1.52. The van der Waals surface area contributed by atoms with E-state index < -0.39 is 12.8 Å². The van der Waals surface area contributed by atoms with Gasteiger partial charge in [-0.25, -0.2) is 5.01 Å². The Labute approximate surface area is 167 Å². The zero-order valence-electron chi connectivity index (χ0n) is 15.4. The molecule has 0 fully saturated rings. The first-order valence-corrected chi connectivity index (χ1v) is 9.40. The Kier molecular flexibility index (Phi) is 4.39. The van der Waals surface area contributed by atoms with Crippen molar-refractivity contribution < 1.29 is 18.3 Å². The van der Waals surface area contributed by atoms with E-state index >= 15 is 0 Å². The topological polar surface area (TPSA) is 34.1 Å². The Bertz CT molecular complexity index is 1040. The zero-order chi connectivity index (χ0) is 19.8. The number of alkyl halides is 2. The van der Waals surface area contributed by atoms with Gasteiger partial charge in [-0.3, -0.25) is 0 Å². The van der Waals surface area contributed by atoms with Crippen LogP contribution in [0, 0.1) is 0 Å². The molecule has 0 spiro atoms. The molecule has 0 N–H and O–H groups in total. The van der Waals surface area contributed by atoms with Crippen molar-refractivity contribution in [2.45, 2.75) is 25.3 Å². The molecule has 2 aliphatic rings. The van der Waals surface area contributed by atoms with E-state index in [4.69, 9.17) is 9.84 Å². The number of fused-ring (bicyclic) bond motifs is 3. The van der Waals surface area contributed by atoms with E-state index in [1.807, 2.05) is 41.4 Å². The van der Waals surface area contributed by atoms with Crippen LogP contribution >= 0.6 is 0 Å². The highest BCUT2D eigenvalue weighted by Crippen LogP contribution is 2.47. The lowest BCUT2D eigenvalue weighted by Crippen LogP contribution is -2.33. The fraction of sp³-hybridized carbons (Fsp3) is 0.174. The number of para-hydroxylation sites is 1. The third kappa shape index (κ3) is 3.31. The normalized spacial score (nSPS) is 20.0. The van der Waals surface area contributed by atoms with Crippen LogP contribution in [0.2, 0.25) is 0 Å². The van der Waals surface area contributed by atoms with Gasteiger partial charge in [0.05, 0.1) is 11.8 Å². The van der Waals surface area contributed by atoms with Crippen molar-refractivity contribution in [3.05, 3.63) is 95.6 Å². The number of ether oxygens (including phenoxy) is 2. The SMILES string of the molecule is FC(F)Oc1ccc([C@@H]2Oc3ccccc3[C@H]3CC(c4ccccc4)=NN32)cc1. The van der Waals surface area contributed by atoms with Crippen molar-refractivity contribution in [2.24, 2.45) is 5.10 Å². The predicted octanol–water partition coefficient (Wildman–Crippen LogP) is 5.53. The van der Waals surface area contributed by atoms with Crippen molar-refractivity contribution in [3.8, 4) is 11.5 Å². The first-order valence-electron chi connectivity index (χ1n) is 9.40. The van der Waals surface area contributed by atoms with E-state index in [0.29, 0.717) is 0 Å². The van der Waals surface area contributed by atoms with E-state index in [1.54, 1.807) is 12.1 Å². The average Bonchev–Trinajstić information content (AvgIpc) is 3.20. The van der Waals surface area contributed by atoms with Gasteiger partial charge in [0.25, 0.3) is 0 Å². The minimum atomic E-state index is -2.85. The van der Waals surface area contributed by atoms with Gasteiger partial charge in [0, 0.05) is 17.5 Å². The molecule has 0 amide bonds. The van der Waals surface area contributed by atoms with Gasteiger partial charge in [-0.2, -0.15) is 13.9 Å². The van der Waals surface area contributed by atoms with E-state index in [-0.39, 0.29) is 11.8 Å². The number of benzene rings is 3. The molecule has 146 valence electrons. The molecule has 6 heteroatoms. The lowest BCUT2D eigenvalue weighted by atomic mass is 9.96. The Hall–Kier alpha value is -3.41. The number of hydrazone groups is 1. The Morgan fingerprint density at radius 1 is 0.931 bits per heavy atom. The quantitative estimate of drug-likeness (QED) is 0.585.